The van der Waals surface area contributed by atoms with E-state index in [4.69, 9.17) is 9.88 Å². The smallest absolute Gasteiger partial charge is 0.264 e. The largest absolute Gasteiger partial charge is 0.494 e. The number of carbonyl (C=O) groups excluding carboxylic acids is 1. The Balaban J connectivity index is 1.58. The molecule has 2 aromatic carbocycles. The van der Waals surface area contributed by atoms with Crippen molar-refractivity contribution < 1.29 is 17.9 Å². The van der Waals surface area contributed by atoms with Gasteiger partial charge in [0.15, 0.2) is 5.17 Å². The predicted molar refractivity (Wildman–Crippen MR) is 135 cm³/mol. The number of hydrogen-bond acceptors (Lipinski definition) is 6. The number of hydrogen-bond donors (Lipinski definition) is 2. The van der Waals surface area contributed by atoms with E-state index in [2.05, 4.69) is 10.3 Å². The number of carbonyl (C=O) groups is 1. The highest BCUT2D eigenvalue weighted by Gasteiger charge is 2.24. The summed E-state index contributed by atoms with van der Waals surface area (Å²) >= 11 is 1.28. The maximum Gasteiger partial charge on any atom is 0.264 e. The van der Waals surface area contributed by atoms with Gasteiger partial charge in [-0.3, -0.25) is 4.79 Å². The Morgan fingerprint density at radius 1 is 1.12 bits per heavy atom. The first-order valence-corrected chi connectivity index (χ1v) is 12.9. The van der Waals surface area contributed by atoms with Crippen LogP contribution in [0.5, 0.6) is 5.75 Å². The molecule has 0 unspecified atom stereocenters. The van der Waals surface area contributed by atoms with Gasteiger partial charge in [-0.05, 0) is 98.8 Å². The maximum absolute atomic E-state index is 12.5. The third kappa shape index (κ3) is 5.09. The average Bonchev–Trinajstić information content (AvgIpc) is 3.27. The Morgan fingerprint density at radius 2 is 1.79 bits per heavy atom. The van der Waals surface area contributed by atoms with Crippen molar-refractivity contribution in [3.05, 3.63) is 76.5 Å². The molecule has 0 aliphatic carbocycles. The van der Waals surface area contributed by atoms with Crippen molar-refractivity contribution in [3.8, 4) is 11.4 Å². The molecule has 0 saturated carbocycles. The minimum absolute atomic E-state index is 0.0550. The van der Waals surface area contributed by atoms with Crippen molar-refractivity contribution in [1.29, 1.82) is 0 Å². The first-order chi connectivity index (χ1) is 16.2. The number of nitrogens with two attached hydrogens (primary N) is 1. The fourth-order valence-corrected chi connectivity index (χ4v) is 4.99. The van der Waals surface area contributed by atoms with Crippen molar-refractivity contribution in [2.24, 2.45) is 10.1 Å². The zero-order chi connectivity index (χ0) is 24.5. The molecule has 1 amide bonds. The number of thioether (sulfide) groups is 1. The second kappa shape index (κ2) is 9.49. The van der Waals surface area contributed by atoms with E-state index in [-0.39, 0.29) is 10.8 Å². The summed E-state index contributed by atoms with van der Waals surface area (Å²) in [5.41, 5.74) is 4.26. The van der Waals surface area contributed by atoms with Gasteiger partial charge in [0.25, 0.3) is 5.91 Å². The highest BCUT2D eigenvalue weighted by molar-refractivity contribution is 8.18. The van der Waals surface area contributed by atoms with Crippen LogP contribution >= 0.6 is 11.8 Å². The van der Waals surface area contributed by atoms with Crippen LogP contribution in [0.25, 0.3) is 11.8 Å². The Labute approximate surface area is 202 Å². The van der Waals surface area contributed by atoms with Crippen LogP contribution in [-0.2, 0) is 14.8 Å². The molecule has 3 N–H and O–H groups in total. The number of amides is 1. The molecule has 0 spiro atoms. The summed E-state index contributed by atoms with van der Waals surface area (Å²) in [6, 6.07) is 15.7. The normalized spacial score (nSPS) is 16.3. The number of aryl methyl sites for hydroxylation is 1. The SMILES string of the molecule is CCOc1ccc(N=C2NC(=O)/C(=C/c3cc(C)n(-c4ccc(S(N)(=O)=O)cc4)c3C)S2)cc1. The number of ether oxygens (including phenoxy) is 1. The van der Waals surface area contributed by atoms with Crippen molar-refractivity contribution in [1.82, 2.24) is 9.88 Å². The minimum atomic E-state index is -3.75. The lowest BCUT2D eigenvalue weighted by atomic mass is 10.2. The van der Waals surface area contributed by atoms with Gasteiger partial charge in [-0.1, -0.05) is 0 Å². The number of amidine groups is 1. The van der Waals surface area contributed by atoms with E-state index >= 15 is 0 Å². The first kappa shape index (κ1) is 23.8. The molecule has 3 aromatic rings. The zero-order valence-electron chi connectivity index (χ0n) is 18.9. The van der Waals surface area contributed by atoms with Gasteiger partial charge < -0.3 is 14.6 Å². The van der Waals surface area contributed by atoms with Gasteiger partial charge in [-0.25, -0.2) is 18.5 Å². The lowest BCUT2D eigenvalue weighted by Gasteiger charge is -2.10. The van der Waals surface area contributed by atoms with Gasteiger partial charge in [0.05, 0.1) is 22.1 Å². The van der Waals surface area contributed by atoms with E-state index < -0.39 is 10.0 Å². The molecular weight excluding hydrogens is 472 g/mol. The van der Waals surface area contributed by atoms with Crippen LogP contribution in [0, 0.1) is 13.8 Å². The number of sulfonamides is 1. The molecule has 4 rings (SSSR count). The average molecular weight is 497 g/mol. The molecule has 1 saturated heterocycles. The minimum Gasteiger partial charge on any atom is -0.494 e. The summed E-state index contributed by atoms with van der Waals surface area (Å²) < 4.78 is 30.5. The molecule has 8 nitrogen and oxygen atoms in total. The quantitative estimate of drug-likeness (QED) is 0.500. The fraction of sp³-hybridized carbons (Fsp3) is 0.167. The number of benzene rings is 2. The molecule has 1 aliphatic rings. The summed E-state index contributed by atoms with van der Waals surface area (Å²) in [5, 5.41) is 8.51. The zero-order valence-corrected chi connectivity index (χ0v) is 20.5. The number of aliphatic imine (C=N–C) groups is 1. The van der Waals surface area contributed by atoms with Crippen molar-refractivity contribution in [2.75, 3.05) is 6.61 Å². The molecule has 0 bridgehead atoms. The molecule has 0 atom stereocenters. The lowest BCUT2D eigenvalue weighted by Crippen LogP contribution is -2.19. The first-order valence-electron chi connectivity index (χ1n) is 10.5. The van der Waals surface area contributed by atoms with Crippen molar-refractivity contribution in [3.63, 3.8) is 0 Å². The predicted octanol–water partition coefficient (Wildman–Crippen LogP) is 4.03. The molecule has 1 fully saturated rings. The molecule has 10 heteroatoms. The molecule has 1 aliphatic heterocycles. The van der Waals surface area contributed by atoms with Gasteiger partial charge in [-0.15, -0.1) is 0 Å². The second-order valence-electron chi connectivity index (χ2n) is 7.61. The fourth-order valence-electron chi connectivity index (χ4n) is 3.64. The van der Waals surface area contributed by atoms with E-state index in [0.717, 1.165) is 28.4 Å². The Bertz CT molecular complexity index is 1400. The van der Waals surface area contributed by atoms with Crippen molar-refractivity contribution >= 4 is 44.6 Å². The third-order valence-corrected chi connectivity index (χ3v) is 7.05. The number of nitrogens with zero attached hydrogens (tertiary/aromatic N) is 2. The molecule has 0 radical (unpaired) electrons. The van der Waals surface area contributed by atoms with E-state index in [9.17, 15) is 13.2 Å². The Morgan fingerprint density at radius 3 is 2.41 bits per heavy atom. The molecule has 176 valence electrons. The maximum atomic E-state index is 12.5. The monoisotopic (exact) mass is 496 g/mol. The van der Waals surface area contributed by atoms with E-state index in [1.165, 1.54) is 23.9 Å². The van der Waals surface area contributed by atoms with E-state index in [0.29, 0.717) is 22.4 Å². The van der Waals surface area contributed by atoms with Gasteiger partial charge in [0, 0.05) is 17.1 Å². The second-order valence-corrected chi connectivity index (χ2v) is 10.2. The number of aromatic nitrogens is 1. The van der Waals surface area contributed by atoms with Crippen LogP contribution in [0.1, 0.15) is 23.9 Å². The van der Waals surface area contributed by atoms with Gasteiger partial charge in [0.2, 0.25) is 10.0 Å². The van der Waals surface area contributed by atoms with Gasteiger partial charge in [-0.2, -0.15) is 0 Å². The van der Waals surface area contributed by atoms with Crippen LogP contribution in [-0.4, -0.2) is 30.7 Å². The van der Waals surface area contributed by atoms with Gasteiger partial charge in [0.1, 0.15) is 5.75 Å². The van der Waals surface area contributed by atoms with Gasteiger partial charge >= 0.3 is 0 Å². The van der Waals surface area contributed by atoms with Crippen LogP contribution in [0.4, 0.5) is 5.69 Å². The summed E-state index contributed by atoms with van der Waals surface area (Å²) in [5.74, 6) is 0.557. The summed E-state index contributed by atoms with van der Waals surface area (Å²) in [6.45, 7) is 6.41. The van der Waals surface area contributed by atoms with Crippen LogP contribution in [0.2, 0.25) is 0 Å². The summed E-state index contributed by atoms with van der Waals surface area (Å²) in [4.78, 5) is 17.6. The highest BCUT2D eigenvalue weighted by atomic mass is 32.2. The van der Waals surface area contributed by atoms with E-state index in [1.54, 1.807) is 12.1 Å². The standard InChI is InChI=1S/C24H24N4O4S2/c1-4-32-20-9-5-18(6-10-20)26-24-27-23(29)22(33-24)14-17-13-15(2)28(16(17)3)19-7-11-21(12-8-19)34(25,30)31/h5-14H,4H2,1-3H3,(H2,25,30,31)(H,26,27,29)/b22-14-. The topological polar surface area (TPSA) is 116 Å². The molecular formula is C24H24N4O4S2. The summed E-state index contributed by atoms with van der Waals surface area (Å²) in [7, 11) is -3.75. The van der Waals surface area contributed by atoms with Crippen LogP contribution in [0.15, 0.2) is 69.4 Å². The van der Waals surface area contributed by atoms with Crippen molar-refractivity contribution in [2.45, 2.75) is 25.7 Å². The van der Waals surface area contributed by atoms with Crippen LogP contribution in [0.3, 0.4) is 0 Å². The molecule has 1 aromatic heterocycles. The van der Waals surface area contributed by atoms with Crippen LogP contribution < -0.4 is 15.2 Å². The third-order valence-electron chi connectivity index (χ3n) is 5.21. The Kier molecular flexibility index (Phi) is 6.65. The molecule has 34 heavy (non-hydrogen) atoms. The number of rotatable bonds is 6. The van der Waals surface area contributed by atoms with E-state index in [1.807, 2.05) is 61.7 Å². The summed E-state index contributed by atoms with van der Waals surface area (Å²) in [6.07, 6.45) is 1.83. The number of primary sulfonamides is 1. The lowest BCUT2D eigenvalue weighted by molar-refractivity contribution is -0.115. The Hall–Kier alpha value is -3.34. The molecule has 2 heterocycles. The highest BCUT2D eigenvalue weighted by Crippen LogP contribution is 2.31. The number of nitrogens with one attached hydrogen (secondary N) is 1.